The smallest absolute Gasteiger partial charge is 0.343 e. The van der Waals surface area contributed by atoms with Gasteiger partial charge in [-0.2, -0.15) is 15.3 Å². The van der Waals surface area contributed by atoms with Gasteiger partial charge in [0.25, 0.3) is 0 Å². The van der Waals surface area contributed by atoms with Gasteiger partial charge in [0.15, 0.2) is 29.9 Å². The summed E-state index contributed by atoms with van der Waals surface area (Å²) in [7, 11) is 5.67. The maximum Gasteiger partial charge on any atom is 0.343 e. The number of amides is 3. The topological polar surface area (TPSA) is 279 Å². The van der Waals surface area contributed by atoms with Crippen molar-refractivity contribution in [1.29, 1.82) is 0 Å². The first-order chi connectivity index (χ1) is 60.7. The van der Waals surface area contributed by atoms with E-state index in [1.165, 1.54) is 11.3 Å². The van der Waals surface area contributed by atoms with E-state index in [1.54, 1.807) is 60.9 Å². The van der Waals surface area contributed by atoms with Gasteiger partial charge in [0.2, 0.25) is 24.3 Å². The summed E-state index contributed by atoms with van der Waals surface area (Å²) in [6.45, 7) is 30.9. The Morgan fingerprint density at radius 2 is 0.789 bits per heavy atom. The number of hydrogen-bond acceptors (Lipinski definition) is 20. The molecular weight excluding hydrogens is 1810 g/mol. The monoisotopic (exact) mass is 1900 g/mol. The number of nitrogens with zero attached hydrogens (tertiary/aromatic N) is 11. The molecule has 3 aliphatic rings. The van der Waals surface area contributed by atoms with Crippen LogP contribution in [0.4, 0.5) is 11.6 Å². The minimum absolute atomic E-state index is 0.0114. The fourth-order valence-corrected chi connectivity index (χ4v) is 20.0. The second kappa shape index (κ2) is 36.9. The number of halogens is 4. The largest absolute Gasteiger partial charge is 0.479 e. The maximum absolute atomic E-state index is 13.4. The summed E-state index contributed by atoms with van der Waals surface area (Å²) < 4.78 is 38.7. The maximum atomic E-state index is 13.4. The molecule has 6 aromatic heterocycles. The van der Waals surface area contributed by atoms with Gasteiger partial charge in [-0.3, -0.25) is 38.2 Å². The Morgan fingerprint density at radius 1 is 0.477 bits per heavy atom. The van der Waals surface area contributed by atoms with Crippen LogP contribution in [0.5, 0.6) is 0 Å². The van der Waals surface area contributed by atoms with E-state index in [9.17, 15) is 33.9 Å². The molecule has 15 aromatic rings. The molecule has 0 unspecified atom stereocenters. The number of aliphatic carboxylic acids is 1. The number of esters is 2. The van der Waals surface area contributed by atoms with Crippen molar-refractivity contribution in [3.8, 4) is 65.1 Å². The van der Waals surface area contributed by atoms with E-state index in [-0.39, 0.29) is 30.9 Å². The highest BCUT2D eigenvalue weighted by Gasteiger charge is 2.39. The third-order valence-electron chi connectivity index (χ3n) is 21.7. The van der Waals surface area contributed by atoms with Crippen molar-refractivity contribution in [3.05, 3.63) is 206 Å². The van der Waals surface area contributed by atoms with Gasteiger partial charge in [-0.05, 0) is 249 Å². The quantitative estimate of drug-likeness (QED) is 0.0432. The number of aryl methyl sites for hydroxylation is 6. The molecule has 0 saturated carbocycles. The second-order valence-corrected chi connectivity index (χ2v) is 39.4. The van der Waals surface area contributed by atoms with Crippen molar-refractivity contribution in [3.63, 3.8) is 0 Å². The molecule has 0 bridgehead atoms. The fraction of sp³-hybridized carbons (Fsp3) is 0.309. The van der Waals surface area contributed by atoms with Crippen molar-refractivity contribution in [1.82, 2.24) is 49.6 Å². The summed E-state index contributed by atoms with van der Waals surface area (Å²) in [6, 6.07) is 46.9. The van der Waals surface area contributed by atoms with E-state index in [0.717, 1.165) is 174 Å². The number of aromatic nitrogens is 9. The molecule has 3 atom stereocenters. The summed E-state index contributed by atoms with van der Waals surface area (Å²) in [4.78, 5) is 92.1. The molecule has 3 fully saturated rings. The van der Waals surface area contributed by atoms with Crippen LogP contribution in [0.2, 0.25) is 15.1 Å². The molecule has 9 heterocycles. The van der Waals surface area contributed by atoms with Crippen molar-refractivity contribution in [2.24, 2.45) is 21.1 Å². The summed E-state index contributed by atoms with van der Waals surface area (Å²) in [5, 5.41) is 33.7. The number of β-lactam (4-membered cyclic amide) rings is 3. The molecule has 128 heavy (non-hydrogen) atoms. The lowest BCUT2D eigenvalue weighted by atomic mass is 9.91. The Labute approximate surface area is 775 Å². The summed E-state index contributed by atoms with van der Waals surface area (Å²) in [6.07, 6.45) is -1.27. The molecule has 3 saturated heterocycles. The SMILES string of the molecule is CCOC(=O)[C@@H](OC(C)(C)C)c1c(C)cc2nc(-c3ccc4c(c3)c(N3CCC3=O)nn4C)sc2c1-c1ccc(Cl)cc1.Cc1cc2nc(-c3ccc4c(c3)c(N3CCC3=O)nn4C)sc2c(-c2ccc(Cl)cc2)c1[C@H](OC(C)(C)C)C(=O)O.O=C1CCN1.[CH2+]COC(=O)[C@@H](OC(C)(C)C)c1c(C)cc2nc(-c3ccc4c(c3)c(Br)nn4C)sc2c1-c1ccc(Cl)cc1. The minimum atomic E-state index is -1.18. The van der Waals surface area contributed by atoms with Crippen LogP contribution in [0.1, 0.15) is 140 Å². The lowest BCUT2D eigenvalue weighted by Crippen LogP contribution is -2.43. The van der Waals surface area contributed by atoms with Gasteiger partial charge in [0.1, 0.15) is 26.5 Å². The van der Waals surface area contributed by atoms with Crippen LogP contribution in [0.25, 0.3) is 128 Å². The van der Waals surface area contributed by atoms with Gasteiger partial charge < -0.3 is 34.1 Å². The van der Waals surface area contributed by atoms with Gasteiger partial charge in [0, 0.05) is 141 Å². The zero-order chi connectivity index (χ0) is 91.6. The highest BCUT2D eigenvalue weighted by atomic mass is 79.9. The summed E-state index contributed by atoms with van der Waals surface area (Å²) >= 11 is 26.9. The number of carbonyl (C=O) groups excluding carboxylic acids is 5. The second-order valence-electron chi connectivity index (χ2n) is 34.4. The van der Waals surface area contributed by atoms with Gasteiger partial charge in [-0.25, -0.2) is 29.3 Å². The van der Waals surface area contributed by atoms with Crippen LogP contribution >= 0.6 is 84.7 Å². The molecule has 660 valence electrons. The van der Waals surface area contributed by atoms with Crippen LogP contribution in [0, 0.1) is 27.7 Å². The lowest BCUT2D eigenvalue weighted by molar-refractivity contribution is -0.167. The predicted octanol–water partition coefficient (Wildman–Crippen LogP) is 22.8. The van der Waals surface area contributed by atoms with Crippen LogP contribution in [0.15, 0.2) is 150 Å². The summed E-state index contributed by atoms with van der Waals surface area (Å²) in [5.41, 5.74) is 16.0. The number of nitrogens with one attached hydrogen (secondary N) is 1. The van der Waals surface area contributed by atoms with E-state index in [1.807, 2.05) is 224 Å². The first-order valence-corrected chi connectivity index (χ1v) is 46.0. The van der Waals surface area contributed by atoms with Crippen molar-refractivity contribution in [2.45, 2.75) is 144 Å². The molecule has 9 aromatic carbocycles. The standard InChI is InChI=1S/C33H33ClN4O4S.C31H29ClN4O4S.C30H28BrClN3O3S.C3H5NO/c1-7-41-32(40)28(42-33(3,4)5)26-18(2)16-23-29(27(26)19-8-11-21(34)12-9-19)43-31(35-23)20-10-13-24-22(17-20)30(36-37(24)6)38-15-14-25(38)39;1-16-14-21-27(25(17-6-9-19(32)10-7-17)24(16)26(30(38)39)40-31(2,3)4)41-29(33-21)18-8-11-22-20(15-18)28(34-35(22)5)36-13-12-23(36)37;1-7-37-29(36)25(38-30(3,4)5)23-16(2)14-21-26(24(23)17-8-11-19(32)12-9-17)39-28(33-21)18-10-13-22-20(15-18)27(31)34-35(22)6;5-3-1-2-4-3/h8-13,16-17,28H,7,14-15H2,1-6H3;6-11,14-15,26H,12-13H2,1-5H3,(H,38,39);8-15,25H,1,7H2,2-6H3;1-2H2,(H,4,5)/q;;+1;/t28-;26-;25-;/m000./s1. The molecule has 0 spiro atoms. The molecule has 2 N–H and O–H groups in total. The van der Waals surface area contributed by atoms with Gasteiger partial charge >= 0.3 is 17.9 Å². The number of ether oxygens (including phenoxy) is 5. The Kier molecular flexibility index (Phi) is 26.4. The van der Waals surface area contributed by atoms with Gasteiger partial charge in [0.05, 0.1) is 70.6 Å². The zero-order valence-electron chi connectivity index (χ0n) is 73.5. The number of rotatable bonds is 19. The van der Waals surface area contributed by atoms with Crippen LogP contribution in [0.3, 0.4) is 0 Å². The Bertz CT molecular complexity index is 6890. The molecule has 0 radical (unpaired) electrons. The minimum Gasteiger partial charge on any atom is -0.479 e. The first kappa shape index (κ1) is 91.7. The normalized spacial score (nSPS) is 14.2. The fourth-order valence-electron chi connectivity index (χ4n) is 15.7. The van der Waals surface area contributed by atoms with E-state index >= 15 is 0 Å². The first-order valence-electron chi connectivity index (χ1n) is 41.6. The third-order valence-corrected chi connectivity index (χ3v) is 26.4. The van der Waals surface area contributed by atoms with Crippen molar-refractivity contribution in [2.75, 3.05) is 42.6 Å². The zero-order valence-corrected chi connectivity index (χ0v) is 79.8. The number of benzene rings is 9. The number of anilines is 2. The number of hydrogen-bond donors (Lipinski definition) is 2. The Morgan fingerprint density at radius 3 is 1.09 bits per heavy atom. The number of carboxylic acids is 1. The third kappa shape index (κ3) is 19.2. The van der Waals surface area contributed by atoms with E-state index < -0.39 is 53.0 Å². The molecule has 3 aliphatic heterocycles. The Balaban J connectivity index is 0.000000144. The average Bonchev–Trinajstić information content (AvgIpc) is 1.56. The molecule has 0 aliphatic carbocycles. The van der Waals surface area contributed by atoms with E-state index in [0.29, 0.717) is 58.2 Å². The molecular formula is C97H95BrCl3N12O12S3+. The molecule has 31 heteroatoms. The number of carboxylic acid groups (broad SMARTS) is 1. The number of carbonyl (C=O) groups is 6. The van der Waals surface area contributed by atoms with E-state index in [2.05, 4.69) is 61.7 Å². The van der Waals surface area contributed by atoms with Crippen molar-refractivity contribution < 1.29 is 57.6 Å². The molecule has 24 nitrogen and oxygen atoms in total. The van der Waals surface area contributed by atoms with Crippen LogP contribution in [-0.4, -0.2) is 135 Å². The highest BCUT2D eigenvalue weighted by molar-refractivity contribution is 9.10. The van der Waals surface area contributed by atoms with Gasteiger partial charge in [-0.15, -0.1) is 34.0 Å². The molecule has 3 amide bonds. The average molecular weight is 1900 g/mol. The lowest BCUT2D eigenvalue weighted by Gasteiger charge is -2.29. The Hall–Kier alpha value is -11.0. The van der Waals surface area contributed by atoms with Crippen LogP contribution < -0.4 is 15.1 Å². The number of fused-ring (bicyclic) bond motifs is 6. The predicted molar refractivity (Wildman–Crippen MR) is 514 cm³/mol. The van der Waals surface area contributed by atoms with Crippen molar-refractivity contribution >= 4 is 195 Å². The van der Waals surface area contributed by atoms with Crippen LogP contribution in [-0.2, 0) is 73.6 Å². The van der Waals surface area contributed by atoms with E-state index in [4.69, 9.17) is 73.4 Å². The van der Waals surface area contributed by atoms with Gasteiger partial charge in [-0.1, -0.05) is 71.2 Å². The molecule has 18 rings (SSSR count). The summed E-state index contributed by atoms with van der Waals surface area (Å²) in [5.74, 6) is -0.309. The number of thiazole rings is 3. The highest BCUT2D eigenvalue weighted by Crippen LogP contribution is 2.50.